The van der Waals surface area contributed by atoms with Gasteiger partial charge in [-0.05, 0) is 47.7 Å². The lowest BCUT2D eigenvalue weighted by Crippen LogP contribution is -2.30. The molecule has 4 heterocycles. The highest BCUT2D eigenvalue weighted by Gasteiger charge is 2.44. The van der Waals surface area contributed by atoms with Crippen LogP contribution in [0.15, 0.2) is 84.4 Å². The Morgan fingerprint density at radius 2 is 1.84 bits per heavy atom. The van der Waals surface area contributed by atoms with Crippen LogP contribution in [0.25, 0.3) is 16.0 Å². The third-order valence-corrected chi connectivity index (χ3v) is 8.28. The first-order valence-electron chi connectivity index (χ1n) is 12.5. The van der Waals surface area contributed by atoms with Gasteiger partial charge in [0.25, 0.3) is 5.91 Å². The number of Topliss-reactive ketones (excluding diaryl/α,β-unsaturated/α-hetero) is 1. The number of aliphatic hydroxyl groups is 1. The number of ketones is 1. The summed E-state index contributed by atoms with van der Waals surface area (Å²) < 4.78 is 1.96. The minimum absolute atomic E-state index is 0.0908. The zero-order chi connectivity index (χ0) is 26.6. The first-order valence-corrected chi connectivity index (χ1v) is 13.3. The van der Waals surface area contributed by atoms with Gasteiger partial charge >= 0.3 is 0 Å². The summed E-state index contributed by atoms with van der Waals surface area (Å²) in [5, 5.41) is 11.1. The van der Waals surface area contributed by atoms with E-state index < -0.39 is 17.7 Å². The lowest BCUT2D eigenvalue weighted by atomic mass is 9.92. The summed E-state index contributed by atoms with van der Waals surface area (Å²) in [6, 6.07) is 18.6. The Morgan fingerprint density at radius 1 is 1.08 bits per heavy atom. The van der Waals surface area contributed by atoms with E-state index in [0.29, 0.717) is 15.8 Å². The van der Waals surface area contributed by atoms with Crippen molar-refractivity contribution in [3.05, 3.63) is 112 Å². The molecule has 0 aliphatic carbocycles. The number of pyridine rings is 1. The minimum Gasteiger partial charge on any atom is -0.503 e. The fraction of sp³-hybridized carbons (Fsp3) is 0.200. The van der Waals surface area contributed by atoms with E-state index in [4.69, 9.17) is 0 Å². The Bertz CT molecular complexity index is 1730. The molecule has 0 saturated heterocycles. The molecule has 0 saturated carbocycles. The van der Waals surface area contributed by atoms with Crippen LogP contribution in [0.5, 0.6) is 0 Å². The molecular weight excluding hydrogens is 496 g/mol. The van der Waals surface area contributed by atoms with Crippen molar-refractivity contribution in [2.75, 3.05) is 0 Å². The number of hydrogen-bond acceptors (Lipinski definition) is 6. The van der Waals surface area contributed by atoms with Crippen molar-refractivity contribution < 1.29 is 14.7 Å². The molecule has 1 atom stereocenters. The van der Waals surface area contributed by atoms with Crippen LogP contribution in [0.4, 0.5) is 0 Å². The standard InChI is InChI=1S/C30H26N4O3S/c1-17(2)20-10-12-21(13-11-20)25-24(27(36)29(37)33(25)16-19-7-6-14-31-15-19)26(35)28-18(3)34-23-9-5-4-8-22(23)32-30(34)38-28/h4-15,17,25,36H,16H2,1-3H3. The Labute approximate surface area is 223 Å². The van der Waals surface area contributed by atoms with E-state index in [2.05, 4.69) is 23.8 Å². The van der Waals surface area contributed by atoms with Gasteiger partial charge in [-0.1, -0.05) is 67.6 Å². The molecule has 1 aliphatic rings. The summed E-state index contributed by atoms with van der Waals surface area (Å²) >= 11 is 1.27. The van der Waals surface area contributed by atoms with E-state index in [1.54, 1.807) is 23.4 Å². The van der Waals surface area contributed by atoms with Crippen molar-refractivity contribution in [3.8, 4) is 0 Å². The average Bonchev–Trinajstić information content (AvgIpc) is 3.54. The Morgan fingerprint density at radius 3 is 2.55 bits per heavy atom. The van der Waals surface area contributed by atoms with Crippen LogP contribution in [0, 0.1) is 6.92 Å². The number of benzene rings is 2. The van der Waals surface area contributed by atoms with E-state index in [1.165, 1.54) is 11.3 Å². The SMILES string of the molecule is Cc1c(C(=O)C2=C(O)C(=O)N(Cc3cccnc3)C2c2ccc(C(C)C)cc2)sc2nc3ccccc3n12. The summed E-state index contributed by atoms with van der Waals surface area (Å²) in [7, 11) is 0. The average molecular weight is 523 g/mol. The Kier molecular flexibility index (Phi) is 5.84. The number of amides is 1. The molecule has 2 aromatic carbocycles. The number of aliphatic hydroxyl groups excluding tert-OH is 1. The number of nitrogens with zero attached hydrogens (tertiary/aromatic N) is 4. The van der Waals surface area contributed by atoms with Crippen molar-refractivity contribution in [3.63, 3.8) is 0 Å². The number of carbonyl (C=O) groups excluding carboxylic acids is 2. The van der Waals surface area contributed by atoms with E-state index in [1.807, 2.05) is 65.9 Å². The second-order valence-electron chi connectivity index (χ2n) is 9.84. The van der Waals surface area contributed by atoms with Crippen LogP contribution in [-0.4, -0.2) is 36.1 Å². The summed E-state index contributed by atoms with van der Waals surface area (Å²) in [5.74, 6) is -1.10. The summed E-state index contributed by atoms with van der Waals surface area (Å²) in [6.45, 7) is 6.31. The number of aromatic nitrogens is 3. The molecule has 6 rings (SSSR count). The van der Waals surface area contributed by atoms with E-state index in [-0.39, 0.29) is 17.9 Å². The largest absolute Gasteiger partial charge is 0.503 e. The fourth-order valence-corrected chi connectivity index (χ4v) is 6.24. The first-order chi connectivity index (χ1) is 18.3. The minimum atomic E-state index is -0.734. The van der Waals surface area contributed by atoms with Gasteiger partial charge in [0.1, 0.15) is 0 Å². The normalized spacial score (nSPS) is 15.9. The third kappa shape index (κ3) is 3.80. The molecule has 5 aromatic rings. The lowest BCUT2D eigenvalue weighted by molar-refractivity contribution is -0.130. The van der Waals surface area contributed by atoms with Gasteiger partial charge < -0.3 is 10.0 Å². The molecular formula is C30H26N4O3S. The highest BCUT2D eigenvalue weighted by molar-refractivity contribution is 7.19. The van der Waals surface area contributed by atoms with Crippen molar-refractivity contribution in [2.45, 2.75) is 39.3 Å². The van der Waals surface area contributed by atoms with Crippen LogP contribution in [0.2, 0.25) is 0 Å². The van der Waals surface area contributed by atoms with Crippen LogP contribution in [0.1, 0.15) is 57.9 Å². The Balaban J connectivity index is 1.47. The van der Waals surface area contributed by atoms with Gasteiger partial charge in [0, 0.05) is 24.6 Å². The van der Waals surface area contributed by atoms with Crippen molar-refractivity contribution in [2.24, 2.45) is 0 Å². The highest BCUT2D eigenvalue weighted by atomic mass is 32.1. The highest BCUT2D eigenvalue weighted by Crippen LogP contribution is 2.42. The van der Waals surface area contributed by atoms with Crippen molar-refractivity contribution in [1.82, 2.24) is 19.3 Å². The molecule has 1 aliphatic heterocycles. The van der Waals surface area contributed by atoms with Crippen LogP contribution in [-0.2, 0) is 11.3 Å². The zero-order valence-corrected chi connectivity index (χ0v) is 22.1. The lowest BCUT2D eigenvalue weighted by Gasteiger charge is -2.27. The summed E-state index contributed by atoms with van der Waals surface area (Å²) in [6.07, 6.45) is 3.36. The smallest absolute Gasteiger partial charge is 0.290 e. The first kappa shape index (κ1) is 24.1. The maximum absolute atomic E-state index is 14.1. The number of imidazole rings is 1. The summed E-state index contributed by atoms with van der Waals surface area (Å²) in [4.78, 5) is 39.1. The monoisotopic (exact) mass is 522 g/mol. The number of thiazole rings is 1. The molecule has 3 aromatic heterocycles. The van der Waals surface area contributed by atoms with E-state index >= 15 is 0 Å². The molecule has 8 heteroatoms. The zero-order valence-electron chi connectivity index (χ0n) is 21.3. The summed E-state index contributed by atoms with van der Waals surface area (Å²) in [5.41, 5.74) is 5.32. The number of aryl methyl sites for hydroxylation is 1. The van der Waals surface area contributed by atoms with Gasteiger partial charge in [-0.2, -0.15) is 0 Å². The van der Waals surface area contributed by atoms with E-state index in [9.17, 15) is 14.7 Å². The number of carbonyl (C=O) groups is 2. The molecule has 1 amide bonds. The predicted molar refractivity (Wildman–Crippen MR) is 147 cm³/mol. The van der Waals surface area contributed by atoms with Crippen molar-refractivity contribution in [1.29, 1.82) is 0 Å². The second-order valence-corrected chi connectivity index (χ2v) is 10.8. The Hall–Kier alpha value is -4.30. The third-order valence-electron chi connectivity index (χ3n) is 7.14. The quantitative estimate of drug-likeness (QED) is 0.270. The van der Waals surface area contributed by atoms with Crippen LogP contribution < -0.4 is 0 Å². The molecule has 1 N–H and O–H groups in total. The number of rotatable bonds is 6. The van der Waals surface area contributed by atoms with Gasteiger partial charge in [-0.15, -0.1) is 0 Å². The molecule has 0 fully saturated rings. The van der Waals surface area contributed by atoms with E-state index in [0.717, 1.165) is 33.4 Å². The van der Waals surface area contributed by atoms with Crippen LogP contribution >= 0.6 is 11.3 Å². The molecule has 0 spiro atoms. The van der Waals surface area contributed by atoms with Gasteiger partial charge in [0.05, 0.1) is 27.5 Å². The maximum atomic E-state index is 14.1. The molecule has 0 radical (unpaired) electrons. The van der Waals surface area contributed by atoms with Crippen molar-refractivity contribution >= 4 is 39.0 Å². The molecule has 7 nitrogen and oxygen atoms in total. The number of para-hydroxylation sites is 2. The van der Waals surface area contributed by atoms with Gasteiger partial charge in [0.15, 0.2) is 10.7 Å². The molecule has 0 bridgehead atoms. The number of hydrogen-bond donors (Lipinski definition) is 1. The predicted octanol–water partition coefficient (Wildman–Crippen LogP) is 6.15. The van der Waals surface area contributed by atoms with Gasteiger partial charge in [0.2, 0.25) is 5.78 Å². The molecule has 38 heavy (non-hydrogen) atoms. The topological polar surface area (TPSA) is 87.8 Å². The molecule has 1 unspecified atom stereocenters. The number of fused-ring (bicyclic) bond motifs is 3. The fourth-order valence-electron chi connectivity index (χ4n) is 5.14. The maximum Gasteiger partial charge on any atom is 0.290 e. The van der Waals surface area contributed by atoms with Crippen LogP contribution in [0.3, 0.4) is 0 Å². The second kappa shape index (κ2) is 9.22. The molecule has 190 valence electrons. The van der Waals surface area contributed by atoms with Gasteiger partial charge in [-0.3, -0.25) is 19.0 Å². The van der Waals surface area contributed by atoms with Gasteiger partial charge in [-0.25, -0.2) is 4.98 Å².